The third-order valence-corrected chi connectivity index (χ3v) is 5.73. The number of carbonyl (C=O) groups is 1. The van der Waals surface area contributed by atoms with Gasteiger partial charge in [0.05, 0.1) is 29.6 Å². The lowest BCUT2D eigenvalue weighted by atomic mass is 10.1. The van der Waals surface area contributed by atoms with Gasteiger partial charge in [0, 0.05) is 20.3 Å². The molecule has 1 atom stereocenters. The summed E-state index contributed by atoms with van der Waals surface area (Å²) in [6.45, 7) is 3.73. The zero-order valence-corrected chi connectivity index (χ0v) is 19.3. The summed E-state index contributed by atoms with van der Waals surface area (Å²) >= 11 is 0. The van der Waals surface area contributed by atoms with E-state index in [4.69, 9.17) is 19.3 Å². The molecule has 0 radical (unpaired) electrons. The molecule has 0 saturated carbocycles. The smallest absolute Gasteiger partial charge is 0.248 e. The van der Waals surface area contributed by atoms with Crippen molar-refractivity contribution in [3.05, 3.63) is 71.9 Å². The molecule has 4 rings (SSSR count). The van der Waals surface area contributed by atoms with Crippen LogP contribution in [0.15, 0.2) is 60.7 Å². The van der Waals surface area contributed by atoms with Crippen LogP contribution in [0.1, 0.15) is 31.0 Å². The largest absolute Gasteiger partial charge is 0.439 e. The molecule has 33 heavy (non-hydrogen) atoms. The molecular formula is C26H31N3O4. The van der Waals surface area contributed by atoms with Gasteiger partial charge in [-0.25, -0.2) is 4.68 Å². The number of nitrogens with zero attached hydrogens (tertiary/aromatic N) is 3. The summed E-state index contributed by atoms with van der Waals surface area (Å²) in [5.74, 6) is 1.26. The molecule has 7 heteroatoms. The Kier molecular flexibility index (Phi) is 7.75. The van der Waals surface area contributed by atoms with Crippen LogP contribution in [0, 0.1) is 0 Å². The van der Waals surface area contributed by atoms with E-state index in [2.05, 4.69) is 6.92 Å². The molecular weight excluding hydrogens is 418 g/mol. The Morgan fingerprint density at radius 2 is 1.88 bits per heavy atom. The topological polar surface area (TPSA) is 65.8 Å². The highest BCUT2D eigenvalue weighted by Gasteiger charge is 2.27. The molecule has 1 fully saturated rings. The lowest BCUT2D eigenvalue weighted by Crippen LogP contribution is -2.39. The molecule has 3 aromatic rings. The summed E-state index contributed by atoms with van der Waals surface area (Å²) in [5.41, 5.74) is 2.69. The fraction of sp³-hybridized carbons (Fsp3) is 0.385. The molecule has 2 heterocycles. The summed E-state index contributed by atoms with van der Waals surface area (Å²) in [7, 11) is 1.54. The normalized spacial score (nSPS) is 15.5. The van der Waals surface area contributed by atoms with Crippen LogP contribution >= 0.6 is 0 Å². The molecule has 1 aliphatic rings. The fourth-order valence-corrected chi connectivity index (χ4v) is 4.06. The van der Waals surface area contributed by atoms with Gasteiger partial charge in [0.15, 0.2) is 0 Å². The van der Waals surface area contributed by atoms with Crippen LogP contribution in [0.2, 0.25) is 0 Å². The first-order valence-electron chi connectivity index (χ1n) is 11.5. The summed E-state index contributed by atoms with van der Waals surface area (Å²) in [6, 6.07) is 19.6. The Morgan fingerprint density at radius 1 is 1.15 bits per heavy atom. The van der Waals surface area contributed by atoms with E-state index < -0.39 is 0 Å². The standard InChI is InChI=1S/C26H31N3O4/c1-3-24-23(18-28(25(30)19-31-2)17-22-15-10-16-32-22)26(33-21-13-8-5-9-14-21)29(27-24)20-11-6-4-7-12-20/h4-9,11-14,22H,3,10,15-19H2,1-2H3/t22-/m1/s1. The maximum absolute atomic E-state index is 13.0. The van der Waals surface area contributed by atoms with E-state index in [1.165, 1.54) is 7.11 Å². The summed E-state index contributed by atoms with van der Waals surface area (Å²) in [4.78, 5) is 14.8. The Bertz CT molecular complexity index is 1030. The van der Waals surface area contributed by atoms with Crippen molar-refractivity contribution in [2.45, 2.75) is 38.8 Å². The monoisotopic (exact) mass is 449 g/mol. The molecule has 0 spiro atoms. The third-order valence-electron chi connectivity index (χ3n) is 5.73. The van der Waals surface area contributed by atoms with Gasteiger partial charge in [0.1, 0.15) is 12.4 Å². The van der Waals surface area contributed by atoms with Gasteiger partial charge in [-0.1, -0.05) is 43.3 Å². The number of aromatic nitrogens is 2. The number of ether oxygens (including phenoxy) is 3. The van der Waals surface area contributed by atoms with Crippen molar-refractivity contribution in [1.82, 2.24) is 14.7 Å². The highest BCUT2D eigenvalue weighted by Crippen LogP contribution is 2.32. The van der Waals surface area contributed by atoms with Crippen LogP contribution in [-0.2, 0) is 27.2 Å². The van der Waals surface area contributed by atoms with Crippen molar-refractivity contribution in [2.75, 3.05) is 26.9 Å². The zero-order chi connectivity index (χ0) is 23.0. The Hall–Kier alpha value is -3.16. The van der Waals surface area contributed by atoms with Crippen LogP contribution in [-0.4, -0.2) is 53.6 Å². The summed E-state index contributed by atoms with van der Waals surface area (Å²) < 4.78 is 19.2. The quantitative estimate of drug-likeness (QED) is 0.460. The van der Waals surface area contributed by atoms with Gasteiger partial charge in [0.2, 0.25) is 11.8 Å². The first kappa shape index (κ1) is 23.0. The number of benzene rings is 2. The minimum absolute atomic E-state index is 0.0237. The van der Waals surface area contributed by atoms with Crippen LogP contribution in [0.5, 0.6) is 11.6 Å². The Labute approximate surface area is 194 Å². The van der Waals surface area contributed by atoms with E-state index in [9.17, 15) is 4.79 Å². The van der Waals surface area contributed by atoms with E-state index in [1.54, 1.807) is 0 Å². The van der Waals surface area contributed by atoms with Crippen LogP contribution in [0.25, 0.3) is 5.69 Å². The van der Waals surface area contributed by atoms with Crippen molar-refractivity contribution < 1.29 is 19.0 Å². The number of rotatable bonds is 10. The minimum Gasteiger partial charge on any atom is -0.439 e. The third kappa shape index (κ3) is 5.61. The molecule has 0 N–H and O–H groups in total. The summed E-state index contributed by atoms with van der Waals surface area (Å²) in [6.07, 6.45) is 2.73. The van der Waals surface area contributed by atoms with E-state index in [0.717, 1.165) is 36.4 Å². The number of aryl methyl sites for hydroxylation is 1. The molecule has 7 nitrogen and oxygen atoms in total. The molecule has 0 unspecified atom stereocenters. The average Bonchev–Trinajstić information content (AvgIpc) is 3.48. The maximum Gasteiger partial charge on any atom is 0.248 e. The van der Waals surface area contributed by atoms with Crippen molar-refractivity contribution in [2.24, 2.45) is 0 Å². The summed E-state index contributed by atoms with van der Waals surface area (Å²) in [5, 5.41) is 4.88. The van der Waals surface area contributed by atoms with Crippen molar-refractivity contribution in [3.8, 4) is 17.3 Å². The van der Waals surface area contributed by atoms with E-state index in [0.29, 0.717) is 31.1 Å². The molecule has 1 saturated heterocycles. The molecule has 0 bridgehead atoms. The van der Waals surface area contributed by atoms with Gasteiger partial charge in [0.25, 0.3) is 0 Å². The average molecular weight is 450 g/mol. The highest BCUT2D eigenvalue weighted by molar-refractivity contribution is 5.77. The van der Waals surface area contributed by atoms with Crippen LogP contribution < -0.4 is 4.74 Å². The lowest BCUT2D eigenvalue weighted by Gasteiger charge is -2.26. The van der Waals surface area contributed by atoms with Gasteiger partial charge in [-0.3, -0.25) is 4.79 Å². The van der Waals surface area contributed by atoms with Crippen molar-refractivity contribution in [3.63, 3.8) is 0 Å². The molecule has 1 aromatic heterocycles. The minimum atomic E-state index is -0.0758. The number of hydrogen-bond donors (Lipinski definition) is 0. The fourth-order valence-electron chi connectivity index (χ4n) is 4.06. The number of para-hydroxylation sites is 2. The van der Waals surface area contributed by atoms with Gasteiger partial charge >= 0.3 is 0 Å². The Balaban J connectivity index is 1.74. The van der Waals surface area contributed by atoms with Gasteiger partial charge in [-0.15, -0.1) is 0 Å². The SMILES string of the molecule is CCc1nn(-c2ccccc2)c(Oc2ccccc2)c1CN(C[C@H]1CCCO1)C(=O)COC. The predicted molar refractivity (Wildman–Crippen MR) is 126 cm³/mol. The molecule has 1 amide bonds. The van der Waals surface area contributed by atoms with Crippen molar-refractivity contribution >= 4 is 5.91 Å². The molecule has 1 aliphatic heterocycles. The van der Waals surface area contributed by atoms with E-state index >= 15 is 0 Å². The number of hydrogen-bond acceptors (Lipinski definition) is 5. The van der Waals surface area contributed by atoms with Crippen molar-refractivity contribution in [1.29, 1.82) is 0 Å². The molecule has 0 aliphatic carbocycles. The van der Waals surface area contributed by atoms with Gasteiger partial charge < -0.3 is 19.1 Å². The second-order valence-electron chi connectivity index (χ2n) is 8.09. The van der Waals surface area contributed by atoms with Gasteiger partial charge in [-0.05, 0) is 43.5 Å². The second-order valence-corrected chi connectivity index (χ2v) is 8.09. The van der Waals surface area contributed by atoms with E-state index in [1.807, 2.05) is 70.2 Å². The van der Waals surface area contributed by atoms with E-state index in [-0.39, 0.29) is 18.6 Å². The zero-order valence-electron chi connectivity index (χ0n) is 19.3. The predicted octanol–water partition coefficient (Wildman–Crippen LogP) is 4.38. The maximum atomic E-state index is 13.0. The highest BCUT2D eigenvalue weighted by atomic mass is 16.5. The molecule has 2 aromatic carbocycles. The lowest BCUT2D eigenvalue weighted by molar-refractivity contribution is -0.137. The van der Waals surface area contributed by atoms with Crippen LogP contribution in [0.4, 0.5) is 0 Å². The number of methoxy groups -OCH3 is 1. The Morgan fingerprint density at radius 3 is 2.52 bits per heavy atom. The number of carbonyl (C=O) groups excluding carboxylic acids is 1. The van der Waals surface area contributed by atoms with Crippen LogP contribution in [0.3, 0.4) is 0 Å². The first-order valence-corrected chi connectivity index (χ1v) is 11.5. The molecule has 174 valence electrons. The van der Waals surface area contributed by atoms with Gasteiger partial charge in [-0.2, -0.15) is 5.10 Å². The number of amides is 1. The second kappa shape index (κ2) is 11.1. The first-order chi connectivity index (χ1) is 16.2.